The molecule has 2 aromatic heterocycles. The monoisotopic (exact) mass is 253 g/mol. The predicted molar refractivity (Wildman–Crippen MR) is 61.8 cm³/mol. The molecular formula is C10H11N3O3S. The molecule has 90 valence electrons. The fraction of sp³-hybridized carbons (Fsp3) is 0.300. The van der Waals surface area contributed by atoms with Crippen molar-refractivity contribution in [2.75, 3.05) is 13.7 Å². The van der Waals surface area contributed by atoms with Crippen LogP contribution in [-0.4, -0.2) is 39.6 Å². The summed E-state index contributed by atoms with van der Waals surface area (Å²) >= 11 is 1.25. The minimum atomic E-state index is -0.392. The van der Waals surface area contributed by atoms with Crippen LogP contribution in [0.5, 0.6) is 0 Å². The highest BCUT2D eigenvalue weighted by Crippen LogP contribution is 2.24. The Morgan fingerprint density at radius 1 is 1.59 bits per heavy atom. The van der Waals surface area contributed by atoms with Gasteiger partial charge in [-0.25, -0.2) is 9.78 Å². The van der Waals surface area contributed by atoms with Gasteiger partial charge in [-0.1, -0.05) is 0 Å². The van der Waals surface area contributed by atoms with Gasteiger partial charge in [0.05, 0.1) is 32.7 Å². The average molecular weight is 253 g/mol. The van der Waals surface area contributed by atoms with E-state index in [1.807, 2.05) is 0 Å². The lowest BCUT2D eigenvalue weighted by Crippen LogP contribution is -2.01. The van der Waals surface area contributed by atoms with Crippen molar-refractivity contribution in [3.8, 4) is 10.6 Å². The van der Waals surface area contributed by atoms with Crippen molar-refractivity contribution in [2.45, 2.75) is 6.54 Å². The molecule has 0 radical (unpaired) electrons. The van der Waals surface area contributed by atoms with E-state index in [1.165, 1.54) is 24.6 Å². The Morgan fingerprint density at radius 2 is 2.41 bits per heavy atom. The molecule has 0 aliphatic rings. The van der Waals surface area contributed by atoms with E-state index in [1.54, 1.807) is 17.1 Å². The number of carbonyl (C=O) groups excluding carboxylic acids is 1. The summed E-state index contributed by atoms with van der Waals surface area (Å²) in [6.45, 7) is 0.474. The fourth-order valence-corrected chi connectivity index (χ4v) is 2.11. The molecule has 2 rings (SSSR count). The van der Waals surface area contributed by atoms with Gasteiger partial charge in [0.15, 0.2) is 0 Å². The summed E-state index contributed by atoms with van der Waals surface area (Å²) in [7, 11) is 1.33. The lowest BCUT2D eigenvalue weighted by atomic mass is 10.4. The van der Waals surface area contributed by atoms with Crippen molar-refractivity contribution in [3.05, 3.63) is 23.5 Å². The number of rotatable bonds is 4. The molecule has 7 heteroatoms. The summed E-state index contributed by atoms with van der Waals surface area (Å²) in [5.41, 5.74) is 0.818. The fourth-order valence-electron chi connectivity index (χ4n) is 1.30. The number of esters is 1. The average Bonchev–Trinajstić information content (AvgIpc) is 2.96. The van der Waals surface area contributed by atoms with Gasteiger partial charge < -0.3 is 9.84 Å². The highest BCUT2D eigenvalue weighted by Gasteiger charge is 2.12. The minimum absolute atomic E-state index is 0.0341. The number of hydrogen-bond donors (Lipinski definition) is 1. The summed E-state index contributed by atoms with van der Waals surface area (Å²) in [6.07, 6.45) is 4.90. The van der Waals surface area contributed by atoms with E-state index in [2.05, 4.69) is 14.8 Å². The van der Waals surface area contributed by atoms with Gasteiger partial charge in [-0.3, -0.25) is 4.68 Å². The van der Waals surface area contributed by atoms with E-state index in [0.717, 1.165) is 5.56 Å². The number of ether oxygens (including phenoxy) is 1. The number of aromatic nitrogens is 3. The number of nitrogens with zero attached hydrogens (tertiary/aromatic N) is 3. The van der Waals surface area contributed by atoms with E-state index < -0.39 is 5.97 Å². The highest BCUT2D eigenvalue weighted by atomic mass is 32.1. The Labute approximate surface area is 101 Å². The number of methoxy groups -OCH3 is 1. The lowest BCUT2D eigenvalue weighted by Gasteiger charge is -1.94. The molecule has 17 heavy (non-hydrogen) atoms. The Hall–Kier alpha value is -1.73. The Kier molecular flexibility index (Phi) is 3.50. The van der Waals surface area contributed by atoms with Gasteiger partial charge in [-0.15, -0.1) is 11.3 Å². The third kappa shape index (κ3) is 2.51. The van der Waals surface area contributed by atoms with Crippen LogP contribution < -0.4 is 0 Å². The zero-order valence-electron chi connectivity index (χ0n) is 9.16. The molecule has 2 heterocycles. The minimum Gasteiger partial charge on any atom is -0.465 e. The Morgan fingerprint density at radius 3 is 3.12 bits per heavy atom. The first-order valence-electron chi connectivity index (χ1n) is 4.92. The van der Waals surface area contributed by atoms with E-state index >= 15 is 0 Å². The van der Waals surface area contributed by atoms with Gasteiger partial charge in [0.25, 0.3) is 0 Å². The molecule has 0 saturated carbocycles. The van der Waals surface area contributed by atoms with Crippen molar-refractivity contribution < 1.29 is 14.6 Å². The maximum atomic E-state index is 11.3. The molecule has 0 unspecified atom stereocenters. The maximum absolute atomic E-state index is 11.3. The molecule has 6 nitrogen and oxygen atoms in total. The zero-order chi connectivity index (χ0) is 12.3. The summed E-state index contributed by atoms with van der Waals surface area (Å²) in [5, 5.41) is 13.5. The first-order chi connectivity index (χ1) is 8.24. The summed E-state index contributed by atoms with van der Waals surface area (Å²) in [4.78, 5) is 15.8. The topological polar surface area (TPSA) is 77.2 Å². The Balaban J connectivity index is 2.21. The van der Waals surface area contributed by atoms with Crippen LogP contribution in [0.2, 0.25) is 0 Å². The molecule has 0 amide bonds. The first-order valence-corrected chi connectivity index (χ1v) is 5.74. The number of thiazole rings is 1. The van der Waals surface area contributed by atoms with Gasteiger partial charge in [-0.05, 0) is 0 Å². The van der Waals surface area contributed by atoms with Crippen LogP contribution in [0, 0.1) is 0 Å². The third-order valence-electron chi connectivity index (χ3n) is 2.10. The number of hydrogen-bond acceptors (Lipinski definition) is 6. The SMILES string of the molecule is COC(=O)c1cnc(-c2cnn(CCO)c2)s1. The second kappa shape index (κ2) is 5.07. The lowest BCUT2D eigenvalue weighted by molar-refractivity contribution is 0.0606. The van der Waals surface area contributed by atoms with Crippen LogP contribution in [0.3, 0.4) is 0 Å². The van der Waals surface area contributed by atoms with Crippen molar-refractivity contribution in [1.82, 2.24) is 14.8 Å². The standard InChI is InChI=1S/C10H11N3O3S/c1-16-10(15)8-5-11-9(17-8)7-4-12-13(6-7)2-3-14/h4-6,14H,2-3H2,1H3. The molecule has 0 saturated heterocycles. The summed E-state index contributed by atoms with van der Waals surface area (Å²) in [6, 6.07) is 0. The van der Waals surface area contributed by atoms with E-state index in [4.69, 9.17) is 5.11 Å². The van der Waals surface area contributed by atoms with Crippen molar-refractivity contribution in [1.29, 1.82) is 0 Å². The molecule has 0 aliphatic heterocycles. The van der Waals surface area contributed by atoms with Crippen LogP contribution in [0.15, 0.2) is 18.6 Å². The van der Waals surface area contributed by atoms with Gasteiger partial charge in [0, 0.05) is 11.8 Å². The Bertz CT molecular complexity index is 520. The number of aliphatic hydroxyl groups excluding tert-OH is 1. The molecular weight excluding hydrogens is 242 g/mol. The third-order valence-corrected chi connectivity index (χ3v) is 3.13. The van der Waals surface area contributed by atoms with Crippen LogP contribution >= 0.6 is 11.3 Å². The van der Waals surface area contributed by atoms with Crippen molar-refractivity contribution >= 4 is 17.3 Å². The smallest absolute Gasteiger partial charge is 0.349 e. The second-order valence-electron chi connectivity index (χ2n) is 3.24. The normalized spacial score (nSPS) is 10.5. The van der Waals surface area contributed by atoms with Gasteiger partial charge >= 0.3 is 5.97 Å². The van der Waals surface area contributed by atoms with E-state index in [0.29, 0.717) is 16.4 Å². The van der Waals surface area contributed by atoms with Crippen LogP contribution in [0.1, 0.15) is 9.67 Å². The molecule has 2 aromatic rings. The van der Waals surface area contributed by atoms with E-state index in [-0.39, 0.29) is 6.61 Å². The number of aliphatic hydroxyl groups is 1. The van der Waals surface area contributed by atoms with E-state index in [9.17, 15) is 4.79 Å². The summed E-state index contributed by atoms with van der Waals surface area (Å²) in [5.74, 6) is -0.392. The quantitative estimate of drug-likeness (QED) is 0.815. The van der Waals surface area contributed by atoms with Gasteiger partial charge in [0.1, 0.15) is 9.88 Å². The first kappa shape index (κ1) is 11.7. The van der Waals surface area contributed by atoms with Crippen LogP contribution in [0.25, 0.3) is 10.6 Å². The zero-order valence-corrected chi connectivity index (χ0v) is 9.98. The molecule has 0 aliphatic carbocycles. The van der Waals surface area contributed by atoms with Crippen molar-refractivity contribution in [2.24, 2.45) is 0 Å². The molecule has 0 aromatic carbocycles. The van der Waals surface area contributed by atoms with Crippen LogP contribution in [-0.2, 0) is 11.3 Å². The molecule has 0 bridgehead atoms. The van der Waals surface area contributed by atoms with Gasteiger partial charge in [0.2, 0.25) is 0 Å². The number of carbonyl (C=O) groups is 1. The van der Waals surface area contributed by atoms with Gasteiger partial charge in [-0.2, -0.15) is 5.10 Å². The maximum Gasteiger partial charge on any atom is 0.349 e. The molecule has 0 atom stereocenters. The largest absolute Gasteiger partial charge is 0.465 e. The van der Waals surface area contributed by atoms with Crippen LogP contribution in [0.4, 0.5) is 0 Å². The van der Waals surface area contributed by atoms with Crippen molar-refractivity contribution in [3.63, 3.8) is 0 Å². The predicted octanol–water partition coefficient (Wildman–Crippen LogP) is 0.785. The summed E-state index contributed by atoms with van der Waals surface area (Å²) < 4.78 is 6.23. The molecule has 1 N–H and O–H groups in total. The molecule has 0 spiro atoms. The second-order valence-corrected chi connectivity index (χ2v) is 4.27. The highest BCUT2D eigenvalue weighted by molar-refractivity contribution is 7.16. The molecule has 0 fully saturated rings.